The molecule has 0 spiro atoms. The average molecular weight is 251 g/mol. The molecule has 0 radical (unpaired) electrons. The first-order valence-corrected chi connectivity index (χ1v) is 5.53. The molecule has 0 saturated carbocycles. The van der Waals surface area contributed by atoms with Crippen molar-refractivity contribution in [3.63, 3.8) is 0 Å². The number of hydrogen-bond donors (Lipinski definition) is 2. The van der Waals surface area contributed by atoms with Crippen LogP contribution in [0.15, 0.2) is 18.2 Å². The molecule has 1 aromatic carbocycles. The lowest BCUT2D eigenvalue weighted by molar-refractivity contribution is -0.384. The van der Waals surface area contributed by atoms with Crippen molar-refractivity contribution in [3.8, 4) is 0 Å². The summed E-state index contributed by atoms with van der Waals surface area (Å²) in [7, 11) is 1.70. The second-order valence-corrected chi connectivity index (χ2v) is 4.59. The molecule has 1 aromatic rings. The molecule has 0 aliphatic carbocycles. The predicted molar refractivity (Wildman–Crippen MR) is 69.6 cm³/mol. The molecule has 0 unspecified atom stereocenters. The van der Waals surface area contributed by atoms with Gasteiger partial charge in [0.1, 0.15) is 0 Å². The first kappa shape index (κ1) is 14.1. The van der Waals surface area contributed by atoms with Gasteiger partial charge in [-0.15, -0.1) is 0 Å². The molecule has 1 amide bonds. The normalized spacial score (nSPS) is 11.1. The topological polar surface area (TPSA) is 84.3 Å². The van der Waals surface area contributed by atoms with Crippen molar-refractivity contribution < 1.29 is 9.72 Å². The lowest BCUT2D eigenvalue weighted by Crippen LogP contribution is -2.48. The Morgan fingerprint density at radius 1 is 1.39 bits per heavy atom. The third-order valence-corrected chi connectivity index (χ3v) is 2.86. The minimum absolute atomic E-state index is 0.0124. The number of hydrogen-bond acceptors (Lipinski definition) is 4. The summed E-state index contributed by atoms with van der Waals surface area (Å²) in [4.78, 5) is 22.1. The molecule has 0 aliphatic heterocycles. The van der Waals surface area contributed by atoms with E-state index in [0.717, 1.165) is 0 Å². The molecule has 2 N–H and O–H groups in total. The van der Waals surface area contributed by atoms with Crippen LogP contribution < -0.4 is 10.6 Å². The zero-order chi connectivity index (χ0) is 13.9. The number of likely N-dealkylation sites (N-methyl/N-ethyl adjacent to an activating group) is 1. The fourth-order valence-corrected chi connectivity index (χ4v) is 1.29. The van der Waals surface area contributed by atoms with Crippen molar-refractivity contribution >= 4 is 17.3 Å². The highest BCUT2D eigenvalue weighted by Crippen LogP contribution is 2.22. The monoisotopic (exact) mass is 251 g/mol. The van der Waals surface area contributed by atoms with Gasteiger partial charge in [0.2, 0.25) is 5.91 Å². The van der Waals surface area contributed by atoms with Gasteiger partial charge in [0.05, 0.1) is 10.5 Å². The molecule has 0 atom stereocenters. The minimum Gasteiger partial charge on any atom is -0.324 e. The number of nitro groups is 1. The summed E-state index contributed by atoms with van der Waals surface area (Å²) >= 11 is 0. The highest BCUT2D eigenvalue weighted by Gasteiger charge is 2.25. The standard InChI is InChI=1S/C12H17N3O3/c1-8-7-9(15(17)18)5-6-10(8)14-11(16)12(2,3)13-4/h5-7,13H,1-4H3,(H,14,16). The Kier molecular flexibility index (Phi) is 4.03. The van der Waals surface area contributed by atoms with Gasteiger partial charge in [-0.2, -0.15) is 0 Å². The van der Waals surface area contributed by atoms with Crippen LogP contribution >= 0.6 is 0 Å². The number of benzene rings is 1. The molecule has 0 fully saturated rings. The van der Waals surface area contributed by atoms with Gasteiger partial charge in [-0.05, 0) is 39.4 Å². The summed E-state index contributed by atoms with van der Waals surface area (Å²) in [6.45, 7) is 5.22. The molecule has 0 aromatic heterocycles. The Balaban J connectivity index is 2.93. The Morgan fingerprint density at radius 2 is 2.00 bits per heavy atom. The van der Waals surface area contributed by atoms with Crippen molar-refractivity contribution in [2.45, 2.75) is 26.3 Å². The maximum Gasteiger partial charge on any atom is 0.269 e. The zero-order valence-electron chi connectivity index (χ0n) is 10.9. The van der Waals surface area contributed by atoms with Crippen LogP contribution in [0, 0.1) is 17.0 Å². The Labute approximate surface area is 106 Å². The van der Waals surface area contributed by atoms with E-state index in [1.807, 2.05) is 0 Å². The van der Waals surface area contributed by atoms with E-state index in [-0.39, 0.29) is 11.6 Å². The van der Waals surface area contributed by atoms with Gasteiger partial charge in [0.25, 0.3) is 5.69 Å². The van der Waals surface area contributed by atoms with Gasteiger partial charge in [-0.3, -0.25) is 14.9 Å². The predicted octanol–water partition coefficient (Wildman–Crippen LogP) is 1.84. The second kappa shape index (κ2) is 5.14. The van der Waals surface area contributed by atoms with E-state index in [2.05, 4.69) is 10.6 Å². The second-order valence-electron chi connectivity index (χ2n) is 4.59. The average Bonchev–Trinajstić information content (AvgIpc) is 2.31. The fourth-order valence-electron chi connectivity index (χ4n) is 1.29. The first-order chi connectivity index (χ1) is 8.27. The van der Waals surface area contributed by atoms with Crippen LogP contribution in [0.5, 0.6) is 0 Å². The van der Waals surface area contributed by atoms with Crippen LogP contribution in [0.4, 0.5) is 11.4 Å². The number of aryl methyl sites for hydroxylation is 1. The van der Waals surface area contributed by atoms with Crippen LogP contribution in [-0.4, -0.2) is 23.4 Å². The van der Waals surface area contributed by atoms with Crippen molar-refractivity contribution in [3.05, 3.63) is 33.9 Å². The van der Waals surface area contributed by atoms with E-state index in [9.17, 15) is 14.9 Å². The summed E-state index contributed by atoms with van der Waals surface area (Å²) in [6, 6.07) is 4.34. The highest BCUT2D eigenvalue weighted by atomic mass is 16.6. The molecule has 0 aliphatic rings. The Hall–Kier alpha value is -1.95. The smallest absolute Gasteiger partial charge is 0.269 e. The SMILES string of the molecule is CNC(C)(C)C(=O)Nc1ccc([N+](=O)[O-])cc1C. The van der Waals surface area contributed by atoms with Crippen LogP contribution in [0.2, 0.25) is 0 Å². The maximum absolute atomic E-state index is 11.9. The summed E-state index contributed by atoms with van der Waals surface area (Å²) in [5, 5.41) is 16.2. The number of rotatable bonds is 4. The number of carbonyl (C=O) groups excluding carboxylic acids is 1. The number of nitro benzene ring substituents is 1. The quantitative estimate of drug-likeness (QED) is 0.631. The molecule has 6 heteroatoms. The minimum atomic E-state index is -0.700. The Bertz CT molecular complexity index is 483. The molecule has 98 valence electrons. The van der Waals surface area contributed by atoms with Gasteiger partial charge in [0.15, 0.2) is 0 Å². The van der Waals surface area contributed by atoms with Crippen molar-refractivity contribution in [2.75, 3.05) is 12.4 Å². The number of amides is 1. The third kappa shape index (κ3) is 3.04. The van der Waals surface area contributed by atoms with Crippen molar-refractivity contribution in [1.29, 1.82) is 0 Å². The van der Waals surface area contributed by atoms with Crippen molar-refractivity contribution in [1.82, 2.24) is 5.32 Å². The van der Waals surface area contributed by atoms with Gasteiger partial charge >= 0.3 is 0 Å². The van der Waals surface area contributed by atoms with Crippen molar-refractivity contribution in [2.24, 2.45) is 0 Å². The zero-order valence-corrected chi connectivity index (χ0v) is 10.9. The van der Waals surface area contributed by atoms with E-state index in [4.69, 9.17) is 0 Å². The molecular formula is C12H17N3O3. The van der Waals surface area contributed by atoms with Crippen LogP contribution in [0.3, 0.4) is 0 Å². The highest BCUT2D eigenvalue weighted by molar-refractivity contribution is 5.98. The van der Waals surface area contributed by atoms with E-state index >= 15 is 0 Å². The number of carbonyl (C=O) groups is 1. The van der Waals surface area contributed by atoms with Crippen LogP contribution in [0.1, 0.15) is 19.4 Å². The Morgan fingerprint density at radius 3 is 2.44 bits per heavy atom. The number of non-ortho nitro benzene ring substituents is 1. The fraction of sp³-hybridized carbons (Fsp3) is 0.417. The van der Waals surface area contributed by atoms with Crippen LogP contribution in [-0.2, 0) is 4.79 Å². The summed E-state index contributed by atoms with van der Waals surface area (Å²) in [5.41, 5.74) is 0.547. The summed E-state index contributed by atoms with van der Waals surface area (Å²) in [5.74, 6) is -0.193. The van der Waals surface area contributed by atoms with Gasteiger partial charge in [0, 0.05) is 17.8 Å². The summed E-state index contributed by atoms with van der Waals surface area (Å²) < 4.78 is 0. The number of nitrogens with one attached hydrogen (secondary N) is 2. The van der Waals surface area contributed by atoms with Gasteiger partial charge < -0.3 is 10.6 Å². The molecule has 0 saturated heterocycles. The van der Waals surface area contributed by atoms with E-state index in [1.54, 1.807) is 27.8 Å². The molecule has 18 heavy (non-hydrogen) atoms. The lowest BCUT2D eigenvalue weighted by atomic mass is 10.0. The molecular weight excluding hydrogens is 234 g/mol. The summed E-state index contributed by atoms with van der Waals surface area (Å²) in [6.07, 6.45) is 0. The lowest BCUT2D eigenvalue weighted by Gasteiger charge is -2.23. The molecule has 6 nitrogen and oxygen atoms in total. The first-order valence-electron chi connectivity index (χ1n) is 5.53. The maximum atomic E-state index is 11.9. The molecule has 0 bridgehead atoms. The molecule has 0 heterocycles. The largest absolute Gasteiger partial charge is 0.324 e. The molecule has 1 rings (SSSR count). The van der Waals surface area contributed by atoms with Crippen LogP contribution in [0.25, 0.3) is 0 Å². The van der Waals surface area contributed by atoms with Gasteiger partial charge in [-0.25, -0.2) is 0 Å². The third-order valence-electron chi connectivity index (χ3n) is 2.86. The van der Waals surface area contributed by atoms with Gasteiger partial charge in [-0.1, -0.05) is 0 Å². The van der Waals surface area contributed by atoms with E-state index in [0.29, 0.717) is 11.3 Å². The number of anilines is 1. The number of nitrogens with zero attached hydrogens (tertiary/aromatic N) is 1. The van der Waals surface area contributed by atoms with E-state index < -0.39 is 10.5 Å². The van der Waals surface area contributed by atoms with E-state index in [1.165, 1.54) is 18.2 Å².